The molecule has 0 radical (unpaired) electrons. The highest BCUT2D eigenvalue weighted by Crippen LogP contribution is 2.26. The molecule has 0 spiro atoms. The topological polar surface area (TPSA) is 79.2 Å². The molecule has 114 valence electrons. The Balaban J connectivity index is 2.40. The van der Waals surface area contributed by atoms with Crippen LogP contribution in [0.3, 0.4) is 0 Å². The molecule has 5 atom stereocenters. The molecule has 0 aliphatic carbocycles. The van der Waals surface area contributed by atoms with Crippen LogP contribution in [-0.2, 0) is 9.47 Å². The van der Waals surface area contributed by atoms with Crippen LogP contribution in [0.4, 0.5) is 0 Å². The molecule has 1 aliphatic rings. The van der Waals surface area contributed by atoms with Crippen molar-refractivity contribution in [3.63, 3.8) is 0 Å². The largest absolute Gasteiger partial charge is 0.388 e. The number of hydrogen-bond acceptors (Lipinski definition) is 6. The van der Waals surface area contributed by atoms with E-state index < -0.39 is 30.7 Å². The molecule has 0 aromatic rings. The molecule has 1 heterocycles. The second-order valence-electron chi connectivity index (χ2n) is 6.14. The Labute approximate surface area is 119 Å². The van der Waals surface area contributed by atoms with E-state index in [2.05, 4.69) is 20.8 Å². The fourth-order valence-electron chi connectivity index (χ4n) is 1.83. The number of aliphatic hydroxyl groups excluding tert-OH is 3. The van der Waals surface area contributed by atoms with Crippen molar-refractivity contribution >= 4 is 11.8 Å². The van der Waals surface area contributed by atoms with E-state index in [4.69, 9.17) is 9.47 Å². The van der Waals surface area contributed by atoms with Crippen LogP contribution < -0.4 is 0 Å². The van der Waals surface area contributed by atoms with Crippen LogP contribution in [0.5, 0.6) is 0 Å². The zero-order valence-corrected chi connectivity index (χ0v) is 12.9. The summed E-state index contributed by atoms with van der Waals surface area (Å²) >= 11 is 1.67. The lowest BCUT2D eigenvalue weighted by Gasteiger charge is -2.39. The van der Waals surface area contributed by atoms with Gasteiger partial charge in [0.05, 0.1) is 6.10 Å². The predicted octanol–water partition coefficient (Wildman–Crippen LogP) is 0.610. The van der Waals surface area contributed by atoms with E-state index in [-0.39, 0.29) is 5.41 Å². The van der Waals surface area contributed by atoms with E-state index in [1.807, 2.05) is 0 Å². The standard InChI is InChI=1S/C13H26O5S/c1-13(2,3)5-6-19-7-8-9(14)10(15)11(16)12(17-4)18-8/h8-12,14-16H,5-7H2,1-4H3. The van der Waals surface area contributed by atoms with Crippen LogP contribution in [0, 0.1) is 5.41 Å². The van der Waals surface area contributed by atoms with E-state index in [0.29, 0.717) is 5.75 Å². The molecule has 5 nitrogen and oxygen atoms in total. The molecule has 0 bridgehead atoms. The lowest BCUT2D eigenvalue weighted by Crippen LogP contribution is -2.58. The lowest BCUT2D eigenvalue weighted by atomic mass is 9.94. The van der Waals surface area contributed by atoms with E-state index in [1.165, 1.54) is 7.11 Å². The van der Waals surface area contributed by atoms with Gasteiger partial charge in [-0.3, -0.25) is 0 Å². The summed E-state index contributed by atoms with van der Waals surface area (Å²) in [7, 11) is 1.40. The molecule has 1 rings (SSSR count). The summed E-state index contributed by atoms with van der Waals surface area (Å²) < 4.78 is 10.4. The first-order valence-electron chi connectivity index (χ1n) is 6.56. The highest BCUT2D eigenvalue weighted by Gasteiger charge is 2.43. The van der Waals surface area contributed by atoms with Gasteiger partial charge in [-0.1, -0.05) is 20.8 Å². The minimum Gasteiger partial charge on any atom is -0.388 e. The zero-order chi connectivity index (χ0) is 14.6. The summed E-state index contributed by atoms with van der Waals surface area (Å²) in [4.78, 5) is 0. The first-order chi connectivity index (χ1) is 8.76. The predicted molar refractivity (Wildman–Crippen MR) is 75.1 cm³/mol. The van der Waals surface area contributed by atoms with Gasteiger partial charge >= 0.3 is 0 Å². The Bertz CT molecular complexity index is 266. The highest BCUT2D eigenvalue weighted by molar-refractivity contribution is 7.99. The average Bonchev–Trinajstić information content (AvgIpc) is 2.33. The fraction of sp³-hybridized carbons (Fsp3) is 1.00. The van der Waals surface area contributed by atoms with Gasteiger partial charge in [-0.05, 0) is 17.6 Å². The van der Waals surface area contributed by atoms with Crippen molar-refractivity contribution in [2.75, 3.05) is 18.6 Å². The maximum Gasteiger partial charge on any atom is 0.186 e. The smallest absolute Gasteiger partial charge is 0.186 e. The van der Waals surface area contributed by atoms with Crippen LogP contribution >= 0.6 is 11.8 Å². The van der Waals surface area contributed by atoms with Gasteiger partial charge in [0, 0.05) is 12.9 Å². The van der Waals surface area contributed by atoms with Gasteiger partial charge in [0.1, 0.15) is 18.3 Å². The fourth-order valence-corrected chi connectivity index (χ4v) is 3.26. The Morgan fingerprint density at radius 2 is 1.74 bits per heavy atom. The molecule has 0 aromatic carbocycles. The molecular formula is C13H26O5S. The molecule has 1 fully saturated rings. The third-order valence-electron chi connectivity index (χ3n) is 3.18. The normalized spacial score (nSPS) is 36.5. The summed E-state index contributed by atoms with van der Waals surface area (Å²) in [6.07, 6.45) is -3.86. The summed E-state index contributed by atoms with van der Waals surface area (Å²) in [5.74, 6) is 1.53. The van der Waals surface area contributed by atoms with Gasteiger partial charge in [0.2, 0.25) is 0 Å². The monoisotopic (exact) mass is 294 g/mol. The van der Waals surface area contributed by atoms with Crippen molar-refractivity contribution in [3.05, 3.63) is 0 Å². The summed E-state index contributed by atoms with van der Waals surface area (Å²) in [6, 6.07) is 0. The minimum atomic E-state index is -1.23. The van der Waals surface area contributed by atoms with Crippen molar-refractivity contribution in [1.82, 2.24) is 0 Å². The summed E-state index contributed by atoms with van der Waals surface area (Å²) in [5.41, 5.74) is 0.282. The van der Waals surface area contributed by atoms with E-state index in [0.717, 1.165) is 12.2 Å². The van der Waals surface area contributed by atoms with Crippen LogP contribution in [0.1, 0.15) is 27.2 Å². The van der Waals surface area contributed by atoms with Crippen molar-refractivity contribution in [2.24, 2.45) is 5.41 Å². The number of hydrogen-bond donors (Lipinski definition) is 3. The minimum absolute atomic E-state index is 0.282. The van der Waals surface area contributed by atoms with Crippen LogP contribution in [-0.4, -0.2) is 64.6 Å². The third-order valence-corrected chi connectivity index (χ3v) is 4.24. The number of methoxy groups -OCH3 is 1. The number of rotatable bonds is 5. The number of aliphatic hydroxyl groups is 3. The molecule has 1 aliphatic heterocycles. The Hall–Kier alpha value is 0.150. The van der Waals surface area contributed by atoms with Crippen molar-refractivity contribution in [2.45, 2.75) is 57.9 Å². The number of thioether (sulfide) groups is 1. The molecule has 5 unspecified atom stereocenters. The van der Waals surface area contributed by atoms with Gasteiger partial charge in [-0.2, -0.15) is 11.8 Å². The van der Waals surface area contributed by atoms with Gasteiger partial charge < -0.3 is 24.8 Å². The molecule has 0 amide bonds. The van der Waals surface area contributed by atoms with E-state index >= 15 is 0 Å². The quantitative estimate of drug-likeness (QED) is 0.645. The molecular weight excluding hydrogens is 268 g/mol. The van der Waals surface area contributed by atoms with Gasteiger partial charge in [-0.25, -0.2) is 0 Å². The second-order valence-corrected chi connectivity index (χ2v) is 7.29. The summed E-state index contributed by atoms with van der Waals surface area (Å²) in [6.45, 7) is 6.54. The Morgan fingerprint density at radius 1 is 1.11 bits per heavy atom. The van der Waals surface area contributed by atoms with Crippen LogP contribution in [0.25, 0.3) is 0 Å². The maximum absolute atomic E-state index is 9.88. The highest BCUT2D eigenvalue weighted by atomic mass is 32.2. The van der Waals surface area contributed by atoms with Crippen LogP contribution in [0.2, 0.25) is 0 Å². The maximum atomic E-state index is 9.88. The van der Waals surface area contributed by atoms with Gasteiger partial charge in [-0.15, -0.1) is 0 Å². The second kappa shape index (κ2) is 7.24. The molecule has 0 aromatic heterocycles. The molecule has 3 N–H and O–H groups in total. The van der Waals surface area contributed by atoms with Gasteiger partial charge in [0.25, 0.3) is 0 Å². The van der Waals surface area contributed by atoms with Gasteiger partial charge in [0.15, 0.2) is 6.29 Å². The van der Waals surface area contributed by atoms with Crippen LogP contribution in [0.15, 0.2) is 0 Å². The Morgan fingerprint density at radius 3 is 2.26 bits per heavy atom. The SMILES string of the molecule is COC1OC(CSCCC(C)(C)C)C(O)C(O)C1O. The van der Waals surface area contributed by atoms with Crippen molar-refractivity contribution in [3.8, 4) is 0 Å². The van der Waals surface area contributed by atoms with E-state index in [9.17, 15) is 15.3 Å². The van der Waals surface area contributed by atoms with E-state index in [1.54, 1.807) is 11.8 Å². The van der Waals surface area contributed by atoms with Crippen molar-refractivity contribution in [1.29, 1.82) is 0 Å². The lowest BCUT2D eigenvalue weighted by molar-refractivity contribution is -0.284. The first-order valence-corrected chi connectivity index (χ1v) is 7.72. The third kappa shape index (κ3) is 5.21. The molecule has 6 heteroatoms. The molecule has 1 saturated heterocycles. The average molecular weight is 294 g/mol. The first kappa shape index (κ1) is 17.2. The van der Waals surface area contributed by atoms with Crippen molar-refractivity contribution < 1.29 is 24.8 Å². The zero-order valence-electron chi connectivity index (χ0n) is 12.1. The molecule has 0 saturated carbocycles. The Kier molecular flexibility index (Phi) is 6.56. The number of ether oxygens (including phenoxy) is 2. The molecule has 19 heavy (non-hydrogen) atoms. The summed E-state index contributed by atoms with van der Waals surface area (Å²) in [5, 5.41) is 29.2.